The van der Waals surface area contributed by atoms with Gasteiger partial charge in [0.05, 0.1) is 36.2 Å². The second kappa shape index (κ2) is 7.96. The Kier molecular flexibility index (Phi) is 5.86. The van der Waals surface area contributed by atoms with E-state index in [0.29, 0.717) is 61.6 Å². The van der Waals surface area contributed by atoms with Crippen LogP contribution in [0.15, 0.2) is 29.2 Å². The number of hydrogen-bond donors (Lipinski definition) is 0. The van der Waals surface area contributed by atoms with Gasteiger partial charge < -0.3 is 9.47 Å². The van der Waals surface area contributed by atoms with Gasteiger partial charge in [-0.05, 0) is 26.0 Å². The summed E-state index contributed by atoms with van der Waals surface area (Å²) < 4.78 is 39.9. The molecule has 0 radical (unpaired) electrons. The molecule has 1 fully saturated rings. The molecule has 1 aromatic carbocycles. The Bertz CT molecular complexity index is 876. The first kappa shape index (κ1) is 19.2. The van der Waals surface area contributed by atoms with Crippen LogP contribution >= 0.6 is 11.6 Å². The van der Waals surface area contributed by atoms with E-state index in [-0.39, 0.29) is 4.90 Å². The number of benzene rings is 1. The van der Waals surface area contributed by atoms with Gasteiger partial charge in [-0.2, -0.15) is 9.40 Å². The fourth-order valence-electron chi connectivity index (χ4n) is 2.99. The average Bonchev–Trinajstić information content (AvgIpc) is 2.91. The summed E-state index contributed by atoms with van der Waals surface area (Å²) in [7, 11) is -3.58. The van der Waals surface area contributed by atoms with Crippen LogP contribution in [0.3, 0.4) is 0 Å². The first-order valence-electron chi connectivity index (χ1n) is 8.40. The maximum Gasteiger partial charge on any atom is 0.246 e. The van der Waals surface area contributed by atoms with Crippen molar-refractivity contribution in [3.63, 3.8) is 0 Å². The van der Waals surface area contributed by atoms with Crippen molar-refractivity contribution in [1.82, 2.24) is 14.1 Å². The predicted molar refractivity (Wildman–Crippen MR) is 98.2 cm³/mol. The van der Waals surface area contributed by atoms with E-state index in [1.165, 1.54) is 4.31 Å². The zero-order chi connectivity index (χ0) is 18.7. The third-order valence-electron chi connectivity index (χ3n) is 4.28. The van der Waals surface area contributed by atoms with Gasteiger partial charge in [-0.25, -0.2) is 8.42 Å². The van der Waals surface area contributed by atoms with Gasteiger partial charge >= 0.3 is 0 Å². The summed E-state index contributed by atoms with van der Waals surface area (Å²) in [6.07, 6.45) is 0. The molecule has 1 aliphatic rings. The molecule has 1 aliphatic heterocycles. The summed E-state index contributed by atoms with van der Waals surface area (Å²) in [4.78, 5) is 0.275. The quantitative estimate of drug-likeness (QED) is 0.744. The Morgan fingerprint density at radius 3 is 2.62 bits per heavy atom. The molecular weight excluding hydrogens is 378 g/mol. The highest BCUT2D eigenvalue weighted by Gasteiger charge is 2.31. The summed E-state index contributed by atoms with van der Waals surface area (Å²) >= 11 is 6.07. The third-order valence-corrected chi connectivity index (χ3v) is 6.74. The average molecular weight is 400 g/mol. The molecule has 26 heavy (non-hydrogen) atoms. The van der Waals surface area contributed by atoms with Gasteiger partial charge in [-0.15, -0.1) is 0 Å². The molecular formula is C17H22ClN3O4S. The smallest absolute Gasteiger partial charge is 0.246 e. The Labute approximate surface area is 158 Å². The number of nitrogens with zero attached hydrogens (tertiary/aromatic N) is 3. The number of aromatic nitrogens is 2. The zero-order valence-electron chi connectivity index (χ0n) is 14.8. The maximum absolute atomic E-state index is 13.0. The van der Waals surface area contributed by atoms with Gasteiger partial charge in [-0.3, -0.25) is 4.68 Å². The highest BCUT2D eigenvalue weighted by Crippen LogP contribution is 2.25. The van der Waals surface area contributed by atoms with Crippen LogP contribution in [0.5, 0.6) is 5.75 Å². The number of ether oxygens (including phenoxy) is 2. The standard InChI is InChI=1S/C17H22ClN3O4S/c1-13-17(26(22,23)20-7-10-24-11-8-20)14(2)21(19-13)9-12-25-16-6-4-3-5-15(16)18/h3-6H,7-12H2,1-2H3. The Balaban J connectivity index is 1.74. The minimum absolute atomic E-state index is 0.275. The summed E-state index contributed by atoms with van der Waals surface area (Å²) in [5, 5.41) is 4.93. The molecule has 0 N–H and O–H groups in total. The minimum atomic E-state index is -3.58. The van der Waals surface area contributed by atoms with Crippen molar-refractivity contribution in [3.8, 4) is 5.75 Å². The second-order valence-corrected chi connectivity index (χ2v) is 8.30. The normalized spacial score (nSPS) is 16.0. The van der Waals surface area contributed by atoms with Crippen LogP contribution in [-0.4, -0.2) is 55.4 Å². The molecule has 9 heteroatoms. The van der Waals surface area contributed by atoms with E-state index in [9.17, 15) is 8.42 Å². The molecule has 0 bridgehead atoms. The summed E-state index contributed by atoms with van der Waals surface area (Å²) in [5.41, 5.74) is 1.10. The maximum atomic E-state index is 13.0. The van der Waals surface area contributed by atoms with Crippen LogP contribution in [0.25, 0.3) is 0 Å². The van der Waals surface area contributed by atoms with Gasteiger partial charge in [-0.1, -0.05) is 23.7 Å². The lowest BCUT2D eigenvalue weighted by Crippen LogP contribution is -2.41. The van der Waals surface area contributed by atoms with Crippen molar-refractivity contribution < 1.29 is 17.9 Å². The van der Waals surface area contributed by atoms with Gasteiger partial charge in [0.1, 0.15) is 17.3 Å². The SMILES string of the molecule is Cc1nn(CCOc2ccccc2Cl)c(C)c1S(=O)(=O)N1CCOCC1. The number of rotatable bonds is 6. The van der Waals surface area contributed by atoms with Gasteiger partial charge in [0.25, 0.3) is 0 Å². The first-order valence-corrected chi connectivity index (χ1v) is 10.2. The Hall–Kier alpha value is -1.61. The van der Waals surface area contributed by atoms with Crippen molar-refractivity contribution in [1.29, 1.82) is 0 Å². The largest absolute Gasteiger partial charge is 0.490 e. The molecule has 2 heterocycles. The van der Waals surface area contributed by atoms with Crippen molar-refractivity contribution in [2.75, 3.05) is 32.9 Å². The zero-order valence-corrected chi connectivity index (χ0v) is 16.4. The summed E-state index contributed by atoms with van der Waals surface area (Å²) in [5.74, 6) is 0.594. The molecule has 0 amide bonds. The lowest BCUT2D eigenvalue weighted by molar-refractivity contribution is 0.0730. The third kappa shape index (κ3) is 3.88. The van der Waals surface area contributed by atoms with Gasteiger partial charge in [0.2, 0.25) is 10.0 Å². The highest BCUT2D eigenvalue weighted by molar-refractivity contribution is 7.89. The van der Waals surface area contributed by atoms with E-state index < -0.39 is 10.0 Å². The second-order valence-electron chi connectivity index (χ2n) is 6.02. The highest BCUT2D eigenvalue weighted by atomic mass is 35.5. The van der Waals surface area contributed by atoms with E-state index in [2.05, 4.69) is 5.10 Å². The molecule has 0 saturated carbocycles. The number of halogens is 1. The van der Waals surface area contributed by atoms with Crippen LogP contribution in [0.1, 0.15) is 11.4 Å². The van der Waals surface area contributed by atoms with Crippen LogP contribution in [-0.2, 0) is 21.3 Å². The number of para-hydroxylation sites is 1. The Morgan fingerprint density at radius 1 is 1.23 bits per heavy atom. The van der Waals surface area contributed by atoms with E-state index in [0.717, 1.165) is 0 Å². The number of aryl methyl sites for hydroxylation is 1. The van der Waals surface area contributed by atoms with Crippen molar-refractivity contribution in [3.05, 3.63) is 40.7 Å². The van der Waals surface area contributed by atoms with Crippen LogP contribution in [0.4, 0.5) is 0 Å². The molecule has 2 aromatic rings. The van der Waals surface area contributed by atoms with Crippen molar-refractivity contribution >= 4 is 21.6 Å². The molecule has 0 spiro atoms. The molecule has 0 aliphatic carbocycles. The molecule has 7 nitrogen and oxygen atoms in total. The first-order chi connectivity index (χ1) is 12.4. The topological polar surface area (TPSA) is 73.7 Å². The van der Waals surface area contributed by atoms with Gasteiger partial charge in [0.15, 0.2) is 0 Å². The van der Waals surface area contributed by atoms with Crippen molar-refractivity contribution in [2.24, 2.45) is 0 Å². The molecule has 1 saturated heterocycles. The van der Waals surface area contributed by atoms with Crippen LogP contribution in [0.2, 0.25) is 5.02 Å². The van der Waals surface area contributed by atoms with Crippen LogP contribution < -0.4 is 4.74 Å². The molecule has 142 valence electrons. The van der Waals surface area contributed by atoms with E-state index in [4.69, 9.17) is 21.1 Å². The summed E-state index contributed by atoms with van der Waals surface area (Å²) in [6, 6.07) is 7.22. The van der Waals surface area contributed by atoms with E-state index in [1.54, 1.807) is 30.7 Å². The number of hydrogen-bond acceptors (Lipinski definition) is 5. The minimum Gasteiger partial charge on any atom is -0.490 e. The number of morpholine rings is 1. The monoisotopic (exact) mass is 399 g/mol. The van der Waals surface area contributed by atoms with Gasteiger partial charge in [0, 0.05) is 13.1 Å². The fourth-order valence-corrected chi connectivity index (χ4v) is 4.96. The lowest BCUT2D eigenvalue weighted by atomic mass is 10.3. The van der Waals surface area contributed by atoms with Crippen LogP contribution in [0, 0.1) is 13.8 Å². The molecule has 1 aromatic heterocycles. The molecule has 3 rings (SSSR count). The lowest BCUT2D eigenvalue weighted by Gasteiger charge is -2.26. The molecule has 0 unspecified atom stereocenters. The van der Waals surface area contributed by atoms with E-state index >= 15 is 0 Å². The summed E-state index contributed by atoms with van der Waals surface area (Å²) in [6.45, 7) is 5.80. The van der Waals surface area contributed by atoms with Crippen molar-refractivity contribution in [2.45, 2.75) is 25.3 Å². The molecule has 0 atom stereocenters. The predicted octanol–water partition coefficient (Wildman–Crippen LogP) is 2.25. The fraction of sp³-hybridized carbons (Fsp3) is 0.471. The number of sulfonamides is 1. The Morgan fingerprint density at radius 2 is 1.92 bits per heavy atom. The van der Waals surface area contributed by atoms with E-state index in [1.807, 2.05) is 12.1 Å².